The molecule has 1 aromatic heterocycles. The second-order valence-electron chi connectivity index (χ2n) is 4.71. The van der Waals surface area contributed by atoms with E-state index in [9.17, 15) is 8.78 Å². The minimum absolute atomic E-state index is 0.243. The van der Waals surface area contributed by atoms with Gasteiger partial charge >= 0.3 is 0 Å². The lowest BCUT2D eigenvalue weighted by molar-refractivity contribution is 0.459. The highest BCUT2D eigenvalue weighted by Gasteiger charge is 2.18. The van der Waals surface area contributed by atoms with Crippen molar-refractivity contribution in [3.05, 3.63) is 65.5 Å². The zero-order valence-corrected chi connectivity index (χ0v) is 11.4. The predicted molar refractivity (Wildman–Crippen MR) is 75.3 cm³/mol. The lowest BCUT2D eigenvalue weighted by atomic mass is 9.98. The number of hydrogen-bond donors (Lipinski definition) is 1. The average Bonchev–Trinajstić information content (AvgIpc) is 2.48. The molecule has 1 aromatic carbocycles. The van der Waals surface area contributed by atoms with E-state index in [1.807, 2.05) is 19.1 Å². The molecular weight excluding hydrogens is 258 g/mol. The van der Waals surface area contributed by atoms with Crippen molar-refractivity contribution in [2.75, 3.05) is 6.54 Å². The summed E-state index contributed by atoms with van der Waals surface area (Å²) in [6.45, 7) is 2.80. The minimum atomic E-state index is -0.805. The third-order valence-corrected chi connectivity index (χ3v) is 3.19. The maximum Gasteiger partial charge on any atom is 0.163 e. The van der Waals surface area contributed by atoms with Gasteiger partial charge in [-0.3, -0.25) is 4.98 Å². The van der Waals surface area contributed by atoms with Crippen LogP contribution in [0.2, 0.25) is 0 Å². The van der Waals surface area contributed by atoms with Crippen molar-refractivity contribution in [1.29, 1.82) is 0 Å². The van der Waals surface area contributed by atoms with E-state index in [0.717, 1.165) is 24.6 Å². The second-order valence-corrected chi connectivity index (χ2v) is 4.71. The Balaban J connectivity index is 2.25. The van der Waals surface area contributed by atoms with Gasteiger partial charge in [0.15, 0.2) is 11.6 Å². The Morgan fingerprint density at radius 3 is 2.60 bits per heavy atom. The third-order valence-electron chi connectivity index (χ3n) is 3.19. The van der Waals surface area contributed by atoms with Crippen LogP contribution < -0.4 is 5.32 Å². The molecule has 20 heavy (non-hydrogen) atoms. The van der Waals surface area contributed by atoms with Gasteiger partial charge in [-0.1, -0.05) is 19.1 Å². The molecule has 1 N–H and O–H groups in total. The number of nitrogens with one attached hydrogen (secondary N) is 1. The lowest BCUT2D eigenvalue weighted by Crippen LogP contribution is -2.25. The molecule has 0 fully saturated rings. The summed E-state index contributed by atoms with van der Waals surface area (Å²) < 4.78 is 27.3. The molecule has 0 amide bonds. The Morgan fingerprint density at radius 1 is 1.15 bits per heavy atom. The van der Waals surface area contributed by atoms with Gasteiger partial charge in [-0.05, 0) is 43.1 Å². The topological polar surface area (TPSA) is 24.9 Å². The first-order valence-electron chi connectivity index (χ1n) is 6.78. The zero-order valence-electron chi connectivity index (χ0n) is 11.4. The van der Waals surface area contributed by atoms with E-state index in [1.165, 1.54) is 0 Å². The van der Waals surface area contributed by atoms with Gasteiger partial charge in [-0.15, -0.1) is 0 Å². The Labute approximate surface area is 117 Å². The number of benzene rings is 1. The highest BCUT2D eigenvalue weighted by atomic mass is 19.2. The predicted octanol–water partition coefficient (Wildman–Crippen LogP) is 3.64. The molecule has 0 saturated heterocycles. The van der Waals surface area contributed by atoms with Crippen molar-refractivity contribution < 1.29 is 8.78 Å². The van der Waals surface area contributed by atoms with Gasteiger partial charge in [0, 0.05) is 24.0 Å². The number of halogens is 2. The number of aromatic nitrogens is 1. The van der Waals surface area contributed by atoms with Crippen molar-refractivity contribution in [2.45, 2.75) is 25.8 Å². The van der Waals surface area contributed by atoms with Crippen LogP contribution in [0.15, 0.2) is 42.7 Å². The summed E-state index contributed by atoms with van der Waals surface area (Å²) in [4.78, 5) is 3.96. The first-order chi connectivity index (χ1) is 9.72. The molecular formula is C16H18F2N2. The van der Waals surface area contributed by atoms with Crippen molar-refractivity contribution in [2.24, 2.45) is 0 Å². The van der Waals surface area contributed by atoms with E-state index < -0.39 is 11.6 Å². The van der Waals surface area contributed by atoms with Crippen LogP contribution in [0, 0.1) is 11.6 Å². The molecule has 1 heterocycles. The molecule has 4 heteroatoms. The van der Waals surface area contributed by atoms with Crippen molar-refractivity contribution >= 4 is 0 Å². The van der Waals surface area contributed by atoms with Crippen LogP contribution in [0.5, 0.6) is 0 Å². The van der Waals surface area contributed by atoms with E-state index >= 15 is 0 Å². The SMILES string of the molecule is CCCNC(Cc1ccncc1)c1cccc(F)c1F. The fraction of sp³-hybridized carbons (Fsp3) is 0.312. The largest absolute Gasteiger partial charge is 0.310 e. The van der Waals surface area contributed by atoms with Gasteiger partial charge in [0.25, 0.3) is 0 Å². The van der Waals surface area contributed by atoms with Gasteiger partial charge in [0.05, 0.1) is 0 Å². The van der Waals surface area contributed by atoms with Crippen LogP contribution in [0.1, 0.15) is 30.5 Å². The Bertz CT molecular complexity index is 543. The quantitative estimate of drug-likeness (QED) is 0.871. The first kappa shape index (κ1) is 14.6. The normalized spacial score (nSPS) is 12.3. The summed E-state index contributed by atoms with van der Waals surface area (Å²) in [6.07, 6.45) is 4.94. The molecule has 0 aliphatic rings. The average molecular weight is 276 g/mol. The first-order valence-corrected chi connectivity index (χ1v) is 6.78. The number of hydrogen-bond acceptors (Lipinski definition) is 2. The Morgan fingerprint density at radius 2 is 1.90 bits per heavy atom. The molecule has 106 valence electrons. The summed E-state index contributed by atoms with van der Waals surface area (Å²) in [7, 11) is 0. The fourth-order valence-electron chi connectivity index (χ4n) is 2.15. The van der Waals surface area contributed by atoms with Gasteiger partial charge in [-0.25, -0.2) is 8.78 Å². The van der Waals surface area contributed by atoms with Crippen LogP contribution in [-0.2, 0) is 6.42 Å². The summed E-state index contributed by atoms with van der Waals surface area (Å²) in [5.74, 6) is -1.57. The van der Waals surface area contributed by atoms with Crippen LogP contribution in [0.3, 0.4) is 0 Å². The fourth-order valence-corrected chi connectivity index (χ4v) is 2.15. The molecule has 2 rings (SSSR count). The van der Waals surface area contributed by atoms with Crippen LogP contribution >= 0.6 is 0 Å². The van der Waals surface area contributed by atoms with E-state index in [4.69, 9.17) is 0 Å². The van der Waals surface area contributed by atoms with Crippen molar-refractivity contribution in [1.82, 2.24) is 10.3 Å². The molecule has 0 bridgehead atoms. The monoisotopic (exact) mass is 276 g/mol. The van der Waals surface area contributed by atoms with Crippen molar-refractivity contribution in [3.8, 4) is 0 Å². The highest BCUT2D eigenvalue weighted by Crippen LogP contribution is 2.22. The van der Waals surface area contributed by atoms with Gasteiger partial charge < -0.3 is 5.32 Å². The van der Waals surface area contributed by atoms with E-state index in [0.29, 0.717) is 12.0 Å². The van der Waals surface area contributed by atoms with Crippen LogP contribution in [-0.4, -0.2) is 11.5 Å². The van der Waals surface area contributed by atoms with Gasteiger partial charge in [-0.2, -0.15) is 0 Å². The van der Waals surface area contributed by atoms with E-state index in [1.54, 1.807) is 24.5 Å². The molecule has 1 atom stereocenters. The molecule has 0 aliphatic carbocycles. The van der Waals surface area contributed by atoms with E-state index in [-0.39, 0.29) is 6.04 Å². The van der Waals surface area contributed by atoms with Gasteiger partial charge in [0.2, 0.25) is 0 Å². The second kappa shape index (κ2) is 7.10. The molecule has 0 aliphatic heterocycles. The zero-order chi connectivity index (χ0) is 14.4. The maximum atomic E-state index is 14.0. The van der Waals surface area contributed by atoms with Crippen LogP contribution in [0.4, 0.5) is 8.78 Å². The smallest absolute Gasteiger partial charge is 0.163 e. The number of pyridine rings is 1. The Hall–Kier alpha value is -1.81. The Kier molecular flexibility index (Phi) is 5.18. The molecule has 0 saturated carbocycles. The molecule has 0 radical (unpaired) electrons. The maximum absolute atomic E-state index is 14.0. The minimum Gasteiger partial charge on any atom is -0.310 e. The summed E-state index contributed by atoms with van der Waals surface area (Å²) in [6, 6.07) is 7.85. The lowest BCUT2D eigenvalue weighted by Gasteiger charge is -2.20. The summed E-state index contributed by atoms with van der Waals surface area (Å²) >= 11 is 0. The number of nitrogens with zero attached hydrogens (tertiary/aromatic N) is 1. The van der Waals surface area contributed by atoms with Crippen molar-refractivity contribution in [3.63, 3.8) is 0 Å². The van der Waals surface area contributed by atoms with Crippen LogP contribution in [0.25, 0.3) is 0 Å². The van der Waals surface area contributed by atoms with E-state index in [2.05, 4.69) is 10.3 Å². The highest BCUT2D eigenvalue weighted by molar-refractivity contribution is 5.25. The number of rotatable bonds is 6. The molecule has 1 unspecified atom stereocenters. The summed E-state index contributed by atoms with van der Waals surface area (Å²) in [5, 5.41) is 3.28. The summed E-state index contributed by atoms with van der Waals surface area (Å²) in [5.41, 5.74) is 1.41. The van der Waals surface area contributed by atoms with Gasteiger partial charge in [0.1, 0.15) is 0 Å². The third kappa shape index (κ3) is 3.61. The molecule has 2 nitrogen and oxygen atoms in total. The standard InChI is InChI=1S/C16H18F2N2/c1-2-8-20-15(11-12-6-9-19-10-7-12)13-4-3-5-14(17)16(13)18/h3-7,9-10,15,20H,2,8,11H2,1H3. The molecule has 2 aromatic rings. The molecule has 0 spiro atoms.